The van der Waals surface area contributed by atoms with Crippen molar-refractivity contribution in [3.8, 4) is 0 Å². The SMILES string of the molecule is Cl.Cl.O=C(CC1COCCN1)NCCc1nc2ccccc2[nH]1. The Hall–Kier alpha value is -1.34. The second kappa shape index (κ2) is 9.72. The molecule has 1 unspecified atom stereocenters. The number of imidazole rings is 1. The van der Waals surface area contributed by atoms with Gasteiger partial charge in [-0.05, 0) is 12.1 Å². The number of para-hydroxylation sites is 2. The van der Waals surface area contributed by atoms with Crippen molar-refractivity contribution in [2.75, 3.05) is 26.3 Å². The van der Waals surface area contributed by atoms with E-state index in [1.807, 2.05) is 24.3 Å². The van der Waals surface area contributed by atoms with Crippen molar-refractivity contribution in [1.82, 2.24) is 20.6 Å². The summed E-state index contributed by atoms with van der Waals surface area (Å²) in [6, 6.07) is 8.05. The van der Waals surface area contributed by atoms with Crippen molar-refractivity contribution in [2.24, 2.45) is 0 Å². The predicted molar refractivity (Wildman–Crippen MR) is 94.5 cm³/mol. The van der Waals surface area contributed by atoms with Crippen molar-refractivity contribution < 1.29 is 9.53 Å². The van der Waals surface area contributed by atoms with Gasteiger partial charge in [-0.1, -0.05) is 12.1 Å². The van der Waals surface area contributed by atoms with E-state index in [4.69, 9.17) is 4.74 Å². The number of aromatic amines is 1. The summed E-state index contributed by atoms with van der Waals surface area (Å²) in [6.07, 6.45) is 1.16. The summed E-state index contributed by atoms with van der Waals surface area (Å²) < 4.78 is 5.33. The number of hydrogen-bond donors (Lipinski definition) is 3. The highest BCUT2D eigenvalue weighted by molar-refractivity contribution is 5.85. The molecule has 0 radical (unpaired) electrons. The van der Waals surface area contributed by atoms with Gasteiger partial charge in [-0.25, -0.2) is 4.98 Å². The molecule has 1 fully saturated rings. The Labute approximate surface area is 147 Å². The normalized spacial score (nSPS) is 17.1. The van der Waals surface area contributed by atoms with E-state index >= 15 is 0 Å². The van der Waals surface area contributed by atoms with Crippen LogP contribution in [0.3, 0.4) is 0 Å². The minimum atomic E-state index is 0. The number of hydrogen-bond acceptors (Lipinski definition) is 4. The molecule has 3 N–H and O–H groups in total. The number of nitrogens with one attached hydrogen (secondary N) is 3. The maximum absolute atomic E-state index is 11.8. The van der Waals surface area contributed by atoms with E-state index in [1.54, 1.807) is 0 Å². The van der Waals surface area contributed by atoms with Gasteiger partial charge < -0.3 is 20.4 Å². The van der Waals surface area contributed by atoms with Crippen molar-refractivity contribution in [2.45, 2.75) is 18.9 Å². The molecule has 0 bridgehead atoms. The Morgan fingerprint density at radius 3 is 2.91 bits per heavy atom. The van der Waals surface area contributed by atoms with E-state index in [2.05, 4.69) is 20.6 Å². The van der Waals surface area contributed by atoms with Crippen LogP contribution >= 0.6 is 24.8 Å². The first-order valence-corrected chi connectivity index (χ1v) is 7.33. The molecule has 0 saturated carbocycles. The summed E-state index contributed by atoms with van der Waals surface area (Å²) in [5, 5.41) is 6.20. The fourth-order valence-corrected chi connectivity index (χ4v) is 2.49. The highest BCUT2D eigenvalue weighted by atomic mass is 35.5. The standard InChI is InChI=1S/C15H20N4O2.2ClH/c20-15(9-11-10-21-8-7-16-11)17-6-5-14-18-12-3-1-2-4-13(12)19-14;;/h1-4,11,16H,5-10H2,(H,17,20)(H,18,19);2*1H. The molecule has 1 saturated heterocycles. The number of carbonyl (C=O) groups excluding carboxylic acids is 1. The zero-order chi connectivity index (χ0) is 14.5. The lowest BCUT2D eigenvalue weighted by Gasteiger charge is -2.23. The first-order chi connectivity index (χ1) is 10.3. The van der Waals surface area contributed by atoms with Crippen LogP contribution in [0.25, 0.3) is 11.0 Å². The molecule has 1 amide bonds. The van der Waals surface area contributed by atoms with Gasteiger partial charge in [0.1, 0.15) is 5.82 Å². The summed E-state index contributed by atoms with van der Waals surface area (Å²) in [7, 11) is 0. The molecule has 0 spiro atoms. The van der Waals surface area contributed by atoms with Crippen molar-refractivity contribution >= 4 is 41.8 Å². The van der Waals surface area contributed by atoms with Gasteiger partial charge >= 0.3 is 0 Å². The molecular formula is C15H22Cl2N4O2. The van der Waals surface area contributed by atoms with Gasteiger partial charge in [0.2, 0.25) is 5.91 Å². The quantitative estimate of drug-likeness (QED) is 0.753. The van der Waals surface area contributed by atoms with Crippen LogP contribution in [0, 0.1) is 0 Å². The summed E-state index contributed by atoms with van der Waals surface area (Å²) in [5.74, 6) is 0.949. The van der Waals surface area contributed by atoms with Crippen LogP contribution < -0.4 is 10.6 Å². The van der Waals surface area contributed by atoms with Crippen molar-refractivity contribution in [1.29, 1.82) is 0 Å². The van der Waals surface area contributed by atoms with Gasteiger partial charge in [0, 0.05) is 32.0 Å². The van der Waals surface area contributed by atoms with Crippen LogP contribution in [0.2, 0.25) is 0 Å². The third-order valence-corrected chi connectivity index (χ3v) is 3.55. The number of benzene rings is 1. The van der Waals surface area contributed by atoms with Crippen LogP contribution in [-0.2, 0) is 16.0 Å². The third kappa shape index (κ3) is 5.66. The lowest BCUT2D eigenvalue weighted by atomic mass is 10.2. The average molecular weight is 361 g/mol. The maximum Gasteiger partial charge on any atom is 0.221 e. The number of halogens is 2. The number of amides is 1. The van der Waals surface area contributed by atoms with Gasteiger partial charge in [-0.3, -0.25) is 4.79 Å². The Balaban J connectivity index is 0.00000132. The van der Waals surface area contributed by atoms with Gasteiger partial charge in [0.05, 0.1) is 24.2 Å². The monoisotopic (exact) mass is 360 g/mol. The van der Waals surface area contributed by atoms with Crippen LogP contribution in [0.15, 0.2) is 24.3 Å². The van der Waals surface area contributed by atoms with E-state index in [-0.39, 0.29) is 36.8 Å². The molecule has 23 heavy (non-hydrogen) atoms. The fourth-order valence-electron chi connectivity index (χ4n) is 2.49. The average Bonchev–Trinajstić information content (AvgIpc) is 2.91. The van der Waals surface area contributed by atoms with Gasteiger partial charge in [-0.2, -0.15) is 0 Å². The summed E-state index contributed by atoms with van der Waals surface area (Å²) in [5.41, 5.74) is 1.99. The molecule has 1 aromatic heterocycles. The number of ether oxygens (including phenoxy) is 1. The Morgan fingerprint density at radius 2 is 2.17 bits per heavy atom. The predicted octanol–water partition coefficient (Wildman–Crippen LogP) is 1.44. The first-order valence-electron chi connectivity index (χ1n) is 7.33. The van der Waals surface area contributed by atoms with Gasteiger partial charge in [-0.15, -0.1) is 24.8 Å². The van der Waals surface area contributed by atoms with Gasteiger partial charge in [0.15, 0.2) is 0 Å². The molecule has 6 nitrogen and oxygen atoms in total. The van der Waals surface area contributed by atoms with E-state index in [9.17, 15) is 4.79 Å². The first kappa shape index (κ1) is 19.7. The van der Waals surface area contributed by atoms with E-state index in [1.165, 1.54) is 0 Å². The van der Waals surface area contributed by atoms with E-state index < -0.39 is 0 Å². The highest BCUT2D eigenvalue weighted by Crippen LogP contribution is 2.10. The molecule has 1 aliphatic rings. The lowest BCUT2D eigenvalue weighted by Crippen LogP contribution is -2.44. The molecule has 1 atom stereocenters. The number of rotatable bonds is 5. The van der Waals surface area contributed by atoms with Crippen molar-refractivity contribution in [3.05, 3.63) is 30.1 Å². The van der Waals surface area contributed by atoms with Crippen LogP contribution in [-0.4, -0.2) is 48.2 Å². The second-order valence-corrected chi connectivity index (χ2v) is 5.23. The maximum atomic E-state index is 11.8. The minimum absolute atomic E-state index is 0. The molecule has 1 aromatic carbocycles. The fraction of sp³-hybridized carbons (Fsp3) is 0.467. The molecule has 128 valence electrons. The number of carbonyl (C=O) groups is 1. The van der Waals surface area contributed by atoms with Crippen LogP contribution in [0.5, 0.6) is 0 Å². The Kier molecular flexibility index (Phi) is 8.33. The van der Waals surface area contributed by atoms with E-state index in [0.29, 0.717) is 26.0 Å². The molecule has 8 heteroatoms. The number of H-pyrrole nitrogens is 1. The topological polar surface area (TPSA) is 79.0 Å². The number of fused-ring (bicyclic) bond motifs is 1. The molecule has 0 aliphatic carbocycles. The molecule has 2 aromatic rings. The van der Waals surface area contributed by atoms with Crippen molar-refractivity contribution in [3.63, 3.8) is 0 Å². The van der Waals surface area contributed by atoms with E-state index in [0.717, 1.165) is 30.0 Å². The molecule has 1 aliphatic heterocycles. The number of nitrogens with zero attached hydrogens (tertiary/aromatic N) is 1. The number of aromatic nitrogens is 2. The lowest BCUT2D eigenvalue weighted by molar-refractivity contribution is -0.122. The third-order valence-electron chi connectivity index (χ3n) is 3.55. The Morgan fingerprint density at radius 1 is 1.35 bits per heavy atom. The molecule has 3 rings (SSSR count). The second-order valence-electron chi connectivity index (χ2n) is 5.23. The smallest absolute Gasteiger partial charge is 0.221 e. The molecule has 2 heterocycles. The Bertz CT molecular complexity index is 581. The number of morpholine rings is 1. The van der Waals surface area contributed by atoms with Crippen LogP contribution in [0.4, 0.5) is 0 Å². The zero-order valence-electron chi connectivity index (χ0n) is 12.7. The van der Waals surface area contributed by atoms with Gasteiger partial charge in [0.25, 0.3) is 0 Å². The zero-order valence-corrected chi connectivity index (χ0v) is 14.3. The summed E-state index contributed by atoms with van der Waals surface area (Å²) in [6.45, 7) is 2.74. The summed E-state index contributed by atoms with van der Waals surface area (Å²) in [4.78, 5) is 19.6. The van der Waals surface area contributed by atoms with Crippen LogP contribution in [0.1, 0.15) is 12.2 Å². The summed E-state index contributed by atoms with van der Waals surface area (Å²) >= 11 is 0. The largest absolute Gasteiger partial charge is 0.378 e. The highest BCUT2D eigenvalue weighted by Gasteiger charge is 2.16. The molecular weight excluding hydrogens is 339 g/mol. The minimum Gasteiger partial charge on any atom is -0.378 e.